The maximum Gasteiger partial charge on any atom is 0.191 e. The van der Waals surface area contributed by atoms with Gasteiger partial charge in [-0.25, -0.2) is 0 Å². The predicted octanol–water partition coefficient (Wildman–Crippen LogP) is 2.71. The Morgan fingerprint density at radius 1 is 1.03 bits per heavy atom. The highest BCUT2D eigenvalue weighted by atomic mass is 16.5. The first-order valence-corrected chi connectivity index (χ1v) is 11.4. The van der Waals surface area contributed by atoms with Crippen molar-refractivity contribution < 1.29 is 9.47 Å². The largest absolute Gasteiger partial charge is 0.497 e. The molecular weight excluding hydrogens is 378 g/mol. The molecule has 0 spiro atoms. The van der Waals surface area contributed by atoms with E-state index in [4.69, 9.17) is 9.47 Å². The summed E-state index contributed by atoms with van der Waals surface area (Å²) < 4.78 is 10.8. The van der Waals surface area contributed by atoms with E-state index in [1.54, 1.807) is 14.2 Å². The van der Waals surface area contributed by atoms with Gasteiger partial charge in [-0.2, -0.15) is 0 Å². The number of nitrogens with zero attached hydrogens (tertiary/aromatic N) is 3. The average molecular weight is 418 g/mol. The summed E-state index contributed by atoms with van der Waals surface area (Å²) in [5, 5.41) is 7.09. The molecule has 1 aromatic carbocycles. The number of guanidine groups is 1. The van der Waals surface area contributed by atoms with Crippen molar-refractivity contribution in [1.29, 1.82) is 0 Å². The minimum atomic E-state index is 0.374. The van der Waals surface area contributed by atoms with Crippen LogP contribution in [0.2, 0.25) is 0 Å². The molecule has 2 fully saturated rings. The normalized spacial score (nSPS) is 20.7. The molecule has 2 aliphatic rings. The Bertz CT molecular complexity index is 651. The van der Waals surface area contributed by atoms with Crippen LogP contribution in [0, 0.1) is 0 Å². The lowest BCUT2D eigenvalue weighted by atomic mass is 10.2. The fourth-order valence-electron chi connectivity index (χ4n) is 4.34. The highest BCUT2D eigenvalue weighted by Gasteiger charge is 2.24. The zero-order chi connectivity index (χ0) is 21.2. The second-order valence-electron chi connectivity index (χ2n) is 8.26. The van der Waals surface area contributed by atoms with Crippen LogP contribution in [0.5, 0.6) is 11.5 Å². The number of aliphatic imine (C=N–C) groups is 1. The SMILES string of the molecule is CN=C(NCCCN1CCCCCC1)NC1CCN(c2cc(OC)cc(OC)c2)C1. The maximum absolute atomic E-state index is 5.42. The van der Waals surface area contributed by atoms with Crippen LogP contribution in [0.3, 0.4) is 0 Å². The molecular formula is C23H39N5O2. The van der Waals surface area contributed by atoms with E-state index >= 15 is 0 Å². The van der Waals surface area contributed by atoms with Crippen molar-refractivity contribution in [3.63, 3.8) is 0 Å². The second-order valence-corrected chi connectivity index (χ2v) is 8.26. The number of nitrogens with one attached hydrogen (secondary N) is 2. The molecule has 3 rings (SSSR count). The monoisotopic (exact) mass is 417 g/mol. The molecule has 2 N–H and O–H groups in total. The molecule has 7 heteroatoms. The number of hydrogen-bond donors (Lipinski definition) is 2. The van der Waals surface area contributed by atoms with Gasteiger partial charge in [-0.1, -0.05) is 12.8 Å². The van der Waals surface area contributed by atoms with Crippen molar-refractivity contribution in [2.75, 3.05) is 65.4 Å². The molecule has 2 aliphatic heterocycles. The summed E-state index contributed by atoms with van der Waals surface area (Å²) in [5.41, 5.74) is 1.14. The van der Waals surface area contributed by atoms with E-state index in [2.05, 4.69) is 37.6 Å². The molecule has 0 bridgehead atoms. The van der Waals surface area contributed by atoms with Gasteiger partial charge in [-0.15, -0.1) is 0 Å². The van der Waals surface area contributed by atoms with Gasteiger partial charge in [0.1, 0.15) is 11.5 Å². The van der Waals surface area contributed by atoms with Crippen LogP contribution in [0.25, 0.3) is 0 Å². The molecule has 1 atom stereocenters. The zero-order valence-electron chi connectivity index (χ0n) is 19.0. The van der Waals surface area contributed by atoms with Crippen molar-refractivity contribution in [3.8, 4) is 11.5 Å². The molecule has 7 nitrogen and oxygen atoms in total. The zero-order valence-corrected chi connectivity index (χ0v) is 19.0. The first-order valence-electron chi connectivity index (χ1n) is 11.4. The van der Waals surface area contributed by atoms with Gasteiger partial charge in [0.25, 0.3) is 0 Å². The van der Waals surface area contributed by atoms with Gasteiger partial charge in [-0.05, 0) is 45.3 Å². The molecule has 30 heavy (non-hydrogen) atoms. The van der Waals surface area contributed by atoms with E-state index in [9.17, 15) is 0 Å². The Kier molecular flexibility index (Phi) is 8.93. The van der Waals surface area contributed by atoms with Gasteiger partial charge in [0.2, 0.25) is 0 Å². The van der Waals surface area contributed by atoms with Crippen molar-refractivity contribution in [1.82, 2.24) is 15.5 Å². The van der Waals surface area contributed by atoms with E-state index < -0.39 is 0 Å². The summed E-state index contributed by atoms with van der Waals surface area (Å²) in [4.78, 5) is 9.41. The Morgan fingerprint density at radius 3 is 2.37 bits per heavy atom. The molecule has 0 aromatic heterocycles. The van der Waals surface area contributed by atoms with Crippen LogP contribution in [-0.4, -0.2) is 77.4 Å². The van der Waals surface area contributed by atoms with Gasteiger partial charge in [0.05, 0.1) is 14.2 Å². The van der Waals surface area contributed by atoms with Crippen molar-refractivity contribution >= 4 is 11.6 Å². The first-order chi connectivity index (χ1) is 14.7. The number of anilines is 1. The molecule has 0 amide bonds. The van der Waals surface area contributed by atoms with Crippen molar-refractivity contribution in [3.05, 3.63) is 18.2 Å². The fourth-order valence-corrected chi connectivity index (χ4v) is 4.34. The summed E-state index contributed by atoms with van der Waals surface area (Å²) >= 11 is 0. The standard InChI is InChI=1S/C23H39N5O2/c1-24-23(25-10-8-13-27-11-6-4-5-7-12-27)26-19-9-14-28(18-19)20-15-21(29-2)17-22(16-20)30-3/h15-17,19H,4-14,18H2,1-3H3,(H2,24,25,26). The highest BCUT2D eigenvalue weighted by Crippen LogP contribution is 2.30. The minimum Gasteiger partial charge on any atom is -0.497 e. The third-order valence-corrected chi connectivity index (χ3v) is 6.10. The number of methoxy groups -OCH3 is 2. The van der Waals surface area contributed by atoms with Gasteiger partial charge in [-0.3, -0.25) is 4.99 Å². The van der Waals surface area contributed by atoms with E-state index in [1.165, 1.54) is 45.3 Å². The Labute approximate surface area is 181 Å². The molecule has 0 radical (unpaired) electrons. The number of likely N-dealkylation sites (tertiary alicyclic amines) is 1. The smallest absolute Gasteiger partial charge is 0.191 e. The molecule has 1 unspecified atom stereocenters. The lowest BCUT2D eigenvalue weighted by molar-refractivity contribution is 0.282. The van der Waals surface area contributed by atoms with E-state index in [0.717, 1.165) is 55.6 Å². The first kappa shape index (κ1) is 22.5. The molecule has 0 aliphatic carbocycles. The van der Waals surface area contributed by atoms with Crippen LogP contribution in [0.1, 0.15) is 38.5 Å². The number of benzene rings is 1. The summed E-state index contributed by atoms with van der Waals surface area (Å²) in [6, 6.07) is 6.42. The summed E-state index contributed by atoms with van der Waals surface area (Å²) in [6.45, 7) is 6.60. The van der Waals surface area contributed by atoms with Gasteiger partial charge in [0.15, 0.2) is 5.96 Å². The van der Waals surface area contributed by atoms with Gasteiger partial charge >= 0.3 is 0 Å². The summed E-state index contributed by atoms with van der Waals surface area (Å²) in [7, 11) is 5.23. The topological polar surface area (TPSA) is 61.4 Å². The van der Waals surface area contributed by atoms with Crippen LogP contribution in [0.4, 0.5) is 5.69 Å². The van der Waals surface area contributed by atoms with E-state index in [1.807, 2.05) is 13.1 Å². The quantitative estimate of drug-likeness (QED) is 0.385. The minimum absolute atomic E-state index is 0.374. The third-order valence-electron chi connectivity index (χ3n) is 6.10. The third kappa shape index (κ3) is 6.69. The summed E-state index contributed by atoms with van der Waals surface area (Å²) in [6.07, 6.45) is 7.73. The number of hydrogen-bond acceptors (Lipinski definition) is 5. The molecule has 2 heterocycles. The van der Waals surface area contributed by atoms with Gasteiger partial charge in [0, 0.05) is 56.6 Å². The Balaban J connectivity index is 1.42. The highest BCUT2D eigenvalue weighted by molar-refractivity contribution is 5.80. The van der Waals surface area contributed by atoms with Crippen LogP contribution < -0.4 is 25.0 Å². The van der Waals surface area contributed by atoms with Crippen LogP contribution >= 0.6 is 0 Å². The lowest BCUT2D eigenvalue weighted by Gasteiger charge is -2.22. The van der Waals surface area contributed by atoms with Crippen LogP contribution in [-0.2, 0) is 0 Å². The van der Waals surface area contributed by atoms with E-state index in [-0.39, 0.29) is 0 Å². The molecule has 168 valence electrons. The van der Waals surface area contributed by atoms with Crippen LogP contribution in [0.15, 0.2) is 23.2 Å². The fraction of sp³-hybridized carbons (Fsp3) is 0.696. The second kappa shape index (κ2) is 11.9. The molecule has 2 saturated heterocycles. The van der Waals surface area contributed by atoms with Crippen molar-refractivity contribution in [2.45, 2.75) is 44.6 Å². The van der Waals surface area contributed by atoms with E-state index in [0.29, 0.717) is 6.04 Å². The Hall–Kier alpha value is -2.15. The molecule has 1 aromatic rings. The number of rotatable bonds is 8. The van der Waals surface area contributed by atoms with Gasteiger partial charge < -0.3 is 29.9 Å². The summed E-state index contributed by atoms with van der Waals surface area (Å²) in [5.74, 6) is 2.55. The predicted molar refractivity (Wildman–Crippen MR) is 124 cm³/mol. The molecule has 0 saturated carbocycles. The average Bonchev–Trinajstić information content (AvgIpc) is 3.09. The lowest BCUT2D eigenvalue weighted by Crippen LogP contribution is -2.45. The Morgan fingerprint density at radius 2 is 1.73 bits per heavy atom. The van der Waals surface area contributed by atoms with Crippen molar-refractivity contribution in [2.24, 2.45) is 4.99 Å². The maximum atomic E-state index is 5.42. The number of ether oxygens (including phenoxy) is 2.